The van der Waals surface area contributed by atoms with Crippen molar-refractivity contribution in [2.75, 3.05) is 26.2 Å². The molecule has 10 heteroatoms. The van der Waals surface area contributed by atoms with Crippen LogP contribution in [0.1, 0.15) is 46.4 Å². The van der Waals surface area contributed by atoms with Crippen molar-refractivity contribution < 1.29 is 14.3 Å². The molecule has 192 valence electrons. The summed E-state index contributed by atoms with van der Waals surface area (Å²) in [6.07, 6.45) is 6.67. The fourth-order valence-electron chi connectivity index (χ4n) is 5.09. The SMILES string of the molecule is O=C(c1cnc(Cl)c(Cl)c1)N1CCC2(CCCN(C(=O)c3ccc(Oc4ccc(Cl)cn4)cc3)C2)CC1. The van der Waals surface area contributed by atoms with Gasteiger partial charge in [0.15, 0.2) is 0 Å². The van der Waals surface area contributed by atoms with Crippen molar-refractivity contribution in [2.24, 2.45) is 5.41 Å². The highest BCUT2D eigenvalue weighted by Crippen LogP contribution is 2.40. The molecule has 1 aromatic carbocycles. The van der Waals surface area contributed by atoms with E-state index in [4.69, 9.17) is 39.5 Å². The first kappa shape index (κ1) is 25.8. The van der Waals surface area contributed by atoms with Crippen LogP contribution in [0.5, 0.6) is 11.6 Å². The zero-order chi connectivity index (χ0) is 26.0. The second-order valence-electron chi connectivity index (χ2n) is 9.56. The van der Waals surface area contributed by atoms with Crippen LogP contribution in [0.25, 0.3) is 0 Å². The van der Waals surface area contributed by atoms with Gasteiger partial charge < -0.3 is 14.5 Å². The Labute approximate surface area is 230 Å². The second kappa shape index (κ2) is 10.9. The normalized spacial score (nSPS) is 17.1. The molecular formula is C27H25Cl3N4O3. The Morgan fingerprint density at radius 1 is 0.811 bits per heavy atom. The van der Waals surface area contributed by atoms with Crippen LogP contribution in [0.4, 0.5) is 0 Å². The summed E-state index contributed by atoms with van der Waals surface area (Å²) >= 11 is 17.8. The van der Waals surface area contributed by atoms with Gasteiger partial charge in [0, 0.05) is 50.2 Å². The molecule has 0 bridgehead atoms. The zero-order valence-electron chi connectivity index (χ0n) is 20.0. The van der Waals surface area contributed by atoms with Crippen molar-refractivity contribution in [3.8, 4) is 11.6 Å². The van der Waals surface area contributed by atoms with E-state index in [-0.39, 0.29) is 27.4 Å². The molecule has 7 nitrogen and oxygen atoms in total. The van der Waals surface area contributed by atoms with Crippen LogP contribution in [-0.2, 0) is 0 Å². The molecule has 4 heterocycles. The summed E-state index contributed by atoms with van der Waals surface area (Å²) in [5.74, 6) is 0.939. The van der Waals surface area contributed by atoms with Gasteiger partial charge in [0.2, 0.25) is 5.88 Å². The van der Waals surface area contributed by atoms with E-state index in [1.807, 2.05) is 9.80 Å². The first-order valence-corrected chi connectivity index (χ1v) is 13.2. The summed E-state index contributed by atoms with van der Waals surface area (Å²) in [5, 5.41) is 0.987. The predicted molar refractivity (Wildman–Crippen MR) is 143 cm³/mol. The molecule has 0 atom stereocenters. The number of pyridine rings is 2. The second-order valence-corrected chi connectivity index (χ2v) is 10.8. The van der Waals surface area contributed by atoms with Crippen molar-refractivity contribution >= 4 is 46.6 Å². The number of carbonyl (C=O) groups is 2. The van der Waals surface area contributed by atoms with E-state index in [0.29, 0.717) is 47.4 Å². The van der Waals surface area contributed by atoms with Gasteiger partial charge in [-0.1, -0.05) is 34.8 Å². The molecule has 2 aromatic heterocycles. The van der Waals surface area contributed by atoms with E-state index in [0.717, 1.165) is 32.2 Å². The molecule has 0 radical (unpaired) electrons. The maximum absolute atomic E-state index is 13.3. The molecule has 37 heavy (non-hydrogen) atoms. The Hall–Kier alpha value is -2.87. The molecule has 0 saturated carbocycles. The molecule has 2 saturated heterocycles. The quantitative estimate of drug-likeness (QED) is 0.346. The Morgan fingerprint density at radius 3 is 2.22 bits per heavy atom. The number of halogens is 3. The number of nitrogens with zero attached hydrogens (tertiary/aromatic N) is 4. The van der Waals surface area contributed by atoms with Crippen molar-refractivity contribution in [3.63, 3.8) is 0 Å². The van der Waals surface area contributed by atoms with Crippen molar-refractivity contribution in [3.05, 3.63) is 81.2 Å². The minimum absolute atomic E-state index is 0.00984. The van der Waals surface area contributed by atoms with E-state index in [9.17, 15) is 9.59 Å². The number of carbonyl (C=O) groups excluding carboxylic acids is 2. The average Bonchev–Trinajstić information content (AvgIpc) is 2.92. The molecule has 0 aliphatic carbocycles. The average molecular weight is 560 g/mol. The molecule has 2 fully saturated rings. The number of aromatic nitrogens is 2. The van der Waals surface area contributed by atoms with Crippen molar-refractivity contribution in [1.29, 1.82) is 0 Å². The van der Waals surface area contributed by atoms with Gasteiger partial charge in [0.25, 0.3) is 11.8 Å². The molecule has 0 unspecified atom stereocenters. The van der Waals surface area contributed by atoms with Gasteiger partial charge in [0.05, 0.1) is 15.6 Å². The summed E-state index contributed by atoms with van der Waals surface area (Å²) in [5.41, 5.74) is 1.07. The number of likely N-dealkylation sites (tertiary alicyclic amines) is 2. The van der Waals surface area contributed by atoms with Crippen LogP contribution in [0.3, 0.4) is 0 Å². The molecule has 5 rings (SSSR count). The highest BCUT2D eigenvalue weighted by atomic mass is 35.5. The van der Waals surface area contributed by atoms with Gasteiger partial charge in [-0.15, -0.1) is 0 Å². The maximum Gasteiger partial charge on any atom is 0.255 e. The minimum atomic E-state index is -0.0965. The minimum Gasteiger partial charge on any atom is -0.439 e. The van der Waals surface area contributed by atoms with Crippen LogP contribution in [0, 0.1) is 5.41 Å². The van der Waals surface area contributed by atoms with Crippen LogP contribution in [0.2, 0.25) is 15.2 Å². The lowest BCUT2D eigenvalue weighted by atomic mass is 9.72. The van der Waals surface area contributed by atoms with E-state index < -0.39 is 0 Å². The lowest BCUT2D eigenvalue weighted by Crippen LogP contribution is -2.52. The van der Waals surface area contributed by atoms with Crippen LogP contribution in [-0.4, -0.2) is 57.8 Å². The summed E-state index contributed by atoms with van der Waals surface area (Å²) in [4.78, 5) is 38.2. The number of rotatable bonds is 4. The van der Waals surface area contributed by atoms with E-state index in [2.05, 4.69) is 9.97 Å². The zero-order valence-corrected chi connectivity index (χ0v) is 22.3. The summed E-state index contributed by atoms with van der Waals surface area (Å²) in [6.45, 7) is 2.68. The predicted octanol–water partition coefficient (Wildman–Crippen LogP) is 6.39. The van der Waals surface area contributed by atoms with E-state index in [1.165, 1.54) is 12.4 Å². The maximum atomic E-state index is 13.3. The first-order valence-electron chi connectivity index (χ1n) is 12.1. The van der Waals surface area contributed by atoms with Gasteiger partial charge in [-0.05, 0) is 67.5 Å². The number of piperidine rings is 2. The highest BCUT2D eigenvalue weighted by Gasteiger charge is 2.40. The molecule has 0 N–H and O–H groups in total. The van der Waals surface area contributed by atoms with Gasteiger partial charge in [-0.25, -0.2) is 9.97 Å². The first-order chi connectivity index (χ1) is 17.8. The third-order valence-corrected chi connectivity index (χ3v) is 8.04. The molecule has 2 aliphatic rings. The van der Waals surface area contributed by atoms with Gasteiger partial charge in [0.1, 0.15) is 10.9 Å². The van der Waals surface area contributed by atoms with Crippen molar-refractivity contribution in [2.45, 2.75) is 25.7 Å². The molecule has 1 spiro atoms. The molecule has 2 aliphatic heterocycles. The van der Waals surface area contributed by atoms with Crippen LogP contribution in [0.15, 0.2) is 54.9 Å². The largest absolute Gasteiger partial charge is 0.439 e. The summed E-state index contributed by atoms with van der Waals surface area (Å²) in [7, 11) is 0. The van der Waals surface area contributed by atoms with Gasteiger partial charge in [-0.3, -0.25) is 9.59 Å². The Kier molecular flexibility index (Phi) is 7.56. The number of amides is 2. The summed E-state index contributed by atoms with van der Waals surface area (Å²) in [6, 6.07) is 12.1. The standard InChI is InChI=1S/C27H25Cl3N4O3/c28-20-4-7-23(31-16-20)37-21-5-2-18(3-6-21)25(35)34-11-1-8-27(17-34)9-12-33(13-10-27)26(36)19-14-22(29)24(30)32-15-19/h2-7,14-16H,1,8-13,17H2. The highest BCUT2D eigenvalue weighted by molar-refractivity contribution is 6.41. The summed E-state index contributed by atoms with van der Waals surface area (Å²) < 4.78 is 5.73. The number of ether oxygens (including phenoxy) is 1. The number of hydrogen-bond donors (Lipinski definition) is 0. The van der Waals surface area contributed by atoms with E-state index in [1.54, 1.807) is 42.5 Å². The fourth-order valence-corrected chi connectivity index (χ4v) is 5.47. The van der Waals surface area contributed by atoms with Crippen molar-refractivity contribution in [1.82, 2.24) is 19.8 Å². The fraction of sp³-hybridized carbons (Fsp3) is 0.333. The van der Waals surface area contributed by atoms with Crippen LogP contribution >= 0.6 is 34.8 Å². The monoisotopic (exact) mass is 558 g/mol. The third kappa shape index (κ3) is 5.84. The number of benzene rings is 1. The Bertz CT molecular complexity index is 1290. The third-order valence-electron chi connectivity index (χ3n) is 7.13. The molecule has 3 aromatic rings. The topological polar surface area (TPSA) is 75.6 Å². The molecular weight excluding hydrogens is 535 g/mol. The lowest BCUT2D eigenvalue weighted by Gasteiger charge is -2.47. The Morgan fingerprint density at radius 2 is 1.54 bits per heavy atom. The smallest absolute Gasteiger partial charge is 0.255 e. The Balaban J connectivity index is 1.19. The molecule has 2 amide bonds. The van der Waals surface area contributed by atoms with Gasteiger partial charge in [-0.2, -0.15) is 0 Å². The van der Waals surface area contributed by atoms with Gasteiger partial charge >= 0.3 is 0 Å². The van der Waals surface area contributed by atoms with Crippen LogP contribution < -0.4 is 4.74 Å². The van der Waals surface area contributed by atoms with E-state index >= 15 is 0 Å². The lowest BCUT2D eigenvalue weighted by molar-refractivity contribution is 0.0201. The number of hydrogen-bond acceptors (Lipinski definition) is 5.